The van der Waals surface area contributed by atoms with Crippen LogP contribution in [0.2, 0.25) is 0 Å². The third kappa shape index (κ3) is 5.60. The SMILES string of the molecule is CCOC(=O)CO[P+](C)(OC)c1ccc(Nc2cnc3nnn(Cc4ccc5ncccc5c4)c3n2)cc1.[HH]. The van der Waals surface area contributed by atoms with Crippen LogP contribution in [0.3, 0.4) is 0 Å². The van der Waals surface area contributed by atoms with Crippen LogP contribution in [0.4, 0.5) is 11.5 Å². The van der Waals surface area contributed by atoms with Crippen molar-refractivity contribution in [1.29, 1.82) is 0 Å². The Morgan fingerprint density at radius 1 is 1.13 bits per heavy atom. The number of fused-ring (bicyclic) bond motifs is 2. The number of aromatic nitrogens is 6. The fourth-order valence-electron chi connectivity index (χ4n) is 3.89. The van der Waals surface area contributed by atoms with E-state index in [1.165, 1.54) is 0 Å². The zero-order valence-corrected chi connectivity index (χ0v) is 22.1. The van der Waals surface area contributed by atoms with Crippen molar-refractivity contribution >= 4 is 52.7 Å². The monoisotopic (exact) mass is 534 g/mol. The third-order valence-corrected chi connectivity index (χ3v) is 8.47. The molecule has 1 atom stereocenters. The molecule has 2 aromatic carbocycles. The van der Waals surface area contributed by atoms with E-state index in [9.17, 15) is 4.79 Å². The molecule has 196 valence electrons. The second-order valence-corrected chi connectivity index (χ2v) is 11.3. The van der Waals surface area contributed by atoms with Crippen molar-refractivity contribution in [3.63, 3.8) is 0 Å². The Morgan fingerprint density at radius 3 is 2.76 bits per heavy atom. The Hall–Kier alpha value is -4.05. The van der Waals surface area contributed by atoms with Crippen molar-refractivity contribution in [2.24, 2.45) is 0 Å². The lowest BCUT2D eigenvalue weighted by molar-refractivity contribution is -0.145. The lowest BCUT2D eigenvalue weighted by atomic mass is 10.1. The highest BCUT2D eigenvalue weighted by atomic mass is 31.2. The first-order valence-corrected chi connectivity index (χ1v) is 14.0. The Morgan fingerprint density at radius 2 is 1.97 bits per heavy atom. The molecule has 0 spiro atoms. The second-order valence-electron chi connectivity index (χ2n) is 8.46. The first kappa shape index (κ1) is 25.6. The molecule has 0 saturated heterocycles. The highest BCUT2D eigenvalue weighted by Crippen LogP contribution is 2.55. The molecule has 0 aliphatic heterocycles. The van der Waals surface area contributed by atoms with E-state index >= 15 is 0 Å². The van der Waals surface area contributed by atoms with E-state index in [1.807, 2.05) is 55.2 Å². The number of rotatable bonds is 10. The van der Waals surface area contributed by atoms with Crippen LogP contribution in [-0.4, -0.2) is 62.9 Å². The van der Waals surface area contributed by atoms with E-state index in [-0.39, 0.29) is 8.03 Å². The van der Waals surface area contributed by atoms with E-state index in [4.69, 9.17) is 18.8 Å². The number of hydrogen-bond donors (Lipinski definition) is 1. The predicted octanol–water partition coefficient (Wildman–Crippen LogP) is 4.14. The number of nitrogens with one attached hydrogen (secondary N) is 1. The maximum atomic E-state index is 11.7. The minimum absolute atomic E-state index is 0. The molecule has 0 bridgehead atoms. The lowest BCUT2D eigenvalue weighted by Gasteiger charge is -2.18. The van der Waals surface area contributed by atoms with Gasteiger partial charge < -0.3 is 10.1 Å². The Bertz CT molecular complexity index is 1580. The standard InChI is InChI=1S/C26H27N7O4P.H2/c1-4-36-24(34)17-37-38(3,35-2)21-10-8-20(9-11-21)29-23-15-28-25-26(30-23)33(32-31-25)16-18-7-12-22-19(14-18)6-5-13-27-22;/h5-15H,4,16-17H2,1-3H3,(H,29,30);1H/q+1;. The van der Waals surface area contributed by atoms with Gasteiger partial charge in [0, 0.05) is 18.7 Å². The minimum Gasteiger partial charge on any atom is -0.464 e. The number of ether oxygens (including phenoxy) is 1. The van der Waals surface area contributed by atoms with Crippen LogP contribution in [0.15, 0.2) is 67.0 Å². The summed E-state index contributed by atoms with van der Waals surface area (Å²) in [6.07, 6.45) is 3.40. The number of pyridine rings is 1. The summed E-state index contributed by atoms with van der Waals surface area (Å²) in [5, 5.41) is 13.6. The Kier molecular flexibility index (Phi) is 7.50. The molecule has 0 aliphatic carbocycles. The number of esters is 1. The van der Waals surface area contributed by atoms with Crippen molar-refractivity contribution < 1.29 is 20.0 Å². The molecule has 5 aromatic rings. The summed E-state index contributed by atoms with van der Waals surface area (Å²) >= 11 is 0. The molecule has 38 heavy (non-hydrogen) atoms. The van der Waals surface area contributed by atoms with Gasteiger partial charge in [-0.15, -0.1) is 5.10 Å². The van der Waals surface area contributed by atoms with Gasteiger partial charge >= 0.3 is 13.7 Å². The summed E-state index contributed by atoms with van der Waals surface area (Å²) in [4.78, 5) is 25.2. The first-order valence-electron chi connectivity index (χ1n) is 12.0. The molecule has 0 radical (unpaired) electrons. The smallest absolute Gasteiger partial charge is 0.336 e. The maximum Gasteiger partial charge on any atom is 0.336 e. The average molecular weight is 535 g/mol. The van der Waals surface area contributed by atoms with E-state index in [0.29, 0.717) is 30.3 Å². The molecule has 5 rings (SSSR count). The number of nitrogens with zero attached hydrogens (tertiary/aromatic N) is 6. The lowest BCUT2D eigenvalue weighted by Crippen LogP contribution is -2.19. The van der Waals surface area contributed by atoms with E-state index in [2.05, 4.69) is 31.7 Å². The molecule has 12 heteroatoms. The molecule has 11 nitrogen and oxygen atoms in total. The van der Waals surface area contributed by atoms with Gasteiger partial charge in [-0.1, -0.05) is 17.3 Å². The molecule has 3 aromatic heterocycles. The largest absolute Gasteiger partial charge is 0.464 e. The van der Waals surface area contributed by atoms with E-state index < -0.39 is 13.7 Å². The molecular weight excluding hydrogens is 505 g/mol. The Labute approximate surface area is 221 Å². The normalized spacial score (nSPS) is 12.9. The van der Waals surface area contributed by atoms with Crippen molar-refractivity contribution in [3.8, 4) is 0 Å². The zero-order valence-electron chi connectivity index (χ0n) is 21.2. The molecule has 0 fully saturated rings. The van der Waals surface area contributed by atoms with Crippen molar-refractivity contribution in [1.82, 2.24) is 29.9 Å². The van der Waals surface area contributed by atoms with Gasteiger partial charge in [-0.25, -0.2) is 24.0 Å². The summed E-state index contributed by atoms with van der Waals surface area (Å²) in [6, 6.07) is 17.6. The van der Waals surface area contributed by atoms with Crippen molar-refractivity contribution in [2.45, 2.75) is 13.5 Å². The molecule has 0 saturated carbocycles. The molecule has 0 aliphatic rings. The van der Waals surface area contributed by atoms with Gasteiger partial charge in [-0.05, 0) is 55.0 Å². The van der Waals surface area contributed by atoms with Gasteiger partial charge in [0.2, 0.25) is 5.65 Å². The summed E-state index contributed by atoms with van der Waals surface area (Å²) in [5.74, 6) is 0.133. The quantitative estimate of drug-likeness (QED) is 0.206. The fraction of sp³-hybridized carbons (Fsp3) is 0.231. The summed E-state index contributed by atoms with van der Waals surface area (Å²) in [6.45, 7) is 4.24. The number of carbonyl (C=O) groups is 1. The summed E-state index contributed by atoms with van der Waals surface area (Å²) in [7, 11) is -0.871. The number of anilines is 2. The van der Waals surface area contributed by atoms with Gasteiger partial charge in [0.05, 0.1) is 32.0 Å². The molecule has 3 heterocycles. The third-order valence-electron chi connectivity index (χ3n) is 5.92. The molecule has 1 unspecified atom stereocenters. The van der Waals surface area contributed by atoms with E-state index in [1.54, 1.807) is 31.1 Å². The summed E-state index contributed by atoms with van der Waals surface area (Å²) in [5.41, 5.74) is 3.84. The average Bonchev–Trinajstić information content (AvgIpc) is 3.34. The van der Waals surface area contributed by atoms with Crippen LogP contribution in [0.25, 0.3) is 22.2 Å². The van der Waals surface area contributed by atoms with Gasteiger partial charge in [0.1, 0.15) is 6.66 Å². The maximum absolute atomic E-state index is 11.7. The minimum atomic E-state index is -2.44. The van der Waals surface area contributed by atoms with Gasteiger partial charge in [0.25, 0.3) is 0 Å². The topological polar surface area (TPSA) is 126 Å². The van der Waals surface area contributed by atoms with Crippen molar-refractivity contribution in [3.05, 3.63) is 72.6 Å². The van der Waals surface area contributed by atoms with Gasteiger partial charge in [0.15, 0.2) is 23.4 Å². The second kappa shape index (κ2) is 11.1. The first-order chi connectivity index (χ1) is 18.5. The Balaban J connectivity index is 0.00000353. The zero-order chi connectivity index (χ0) is 26.5. The molecule has 1 N–H and O–H groups in total. The number of hydrogen-bond acceptors (Lipinski definition) is 10. The predicted molar refractivity (Wildman–Crippen MR) is 148 cm³/mol. The highest BCUT2D eigenvalue weighted by Gasteiger charge is 2.39. The van der Waals surface area contributed by atoms with Crippen LogP contribution in [0.5, 0.6) is 0 Å². The van der Waals surface area contributed by atoms with Gasteiger partial charge in [-0.2, -0.15) is 4.52 Å². The van der Waals surface area contributed by atoms with Crippen LogP contribution in [0.1, 0.15) is 13.9 Å². The van der Waals surface area contributed by atoms with Gasteiger partial charge in [-0.3, -0.25) is 4.98 Å². The highest BCUT2D eigenvalue weighted by molar-refractivity contribution is 7.73. The number of carbonyl (C=O) groups excluding carboxylic acids is 1. The van der Waals surface area contributed by atoms with Crippen molar-refractivity contribution in [2.75, 3.05) is 32.3 Å². The van der Waals surface area contributed by atoms with E-state index in [0.717, 1.165) is 27.5 Å². The number of benzene rings is 2. The van der Waals surface area contributed by atoms with Crippen LogP contribution >= 0.6 is 7.72 Å². The molecular formula is C26H29N7O4P+. The molecule has 0 amide bonds. The van der Waals surface area contributed by atoms with Crippen LogP contribution in [-0.2, 0) is 25.1 Å². The summed E-state index contributed by atoms with van der Waals surface area (Å²) < 4.78 is 18.1. The van der Waals surface area contributed by atoms with Crippen LogP contribution < -0.4 is 10.6 Å². The van der Waals surface area contributed by atoms with Crippen LogP contribution in [0, 0.1) is 0 Å². The fourth-order valence-corrected chi connectivity index (χ4v) is 5.40.